The maximum Gasteiger partial charge on any atom is 0.326 e. The lowest BCUT2D eigenvalue weighted by molar-refractivity contribution is -0.155. The Kier molecular flexibility index (Phi) is 7.82. The normalized spacial score (nSPS) is 15.0. The minimum absolute atomic E-state index is 0.0216. The molecule has 9 heteroatoms. The van der Waals surface area contributed by atoms with Crippen LogP contribution in [0.2, 0.25) is 0 Å². The molecule has 1 saturated heterocycles. The lowest BCUT2D eigenvalue weighted by atomic mass is 10.1. The van der Waals surface area contributed by atoms with Gasteiger partial charge in [-0.05, 0) is 76.7 Å². The number of nitrogens with zero attached hydrogens (tertiary/aromatic N) is 4. The van der Waals surface area contributed by atoms with Crippen LogP contribution in [0, 0.1) is 5.82 Å². The van der Waals surface area contributed by atoms with Crippen molar-refractivity contribution in [3.8, 4) is 17.1 Å². The third kappa shape index (κ3) is 6.10. The summed E-state index contributed by atoms with van der Waals surface area (Å²) in [7, 11) is 1.37. The zero-order valence-corrected chi connectivity index (χ0v) is 22.2. The SMILES string of the molecule is CCN1CCCN(c2ccc3nc(-c4ccc(F)c(OC)c4)n(CC(=O)OC(C)(C)C)c(=O)c3c2)CC1. The summed E-state index contributed by atoms with van der Waals surface area (Å²) in [6.45, 7) is 11.9. The summed E-state index contributed by atoms with van der Waals surface area (Å²) in [5, 5.41) is 0.412. The fraction of sp³-hybridized carbons (Fsp3) is 0.464. The van der Waals surface area contributed by atoms with Crippen LogP contribution in [0.5, 0.6) is 5.75 Å². The van der Waals surface area contributed by atoms with Gasteiger partial charge < -0.3 is 19.3 Å². The van der Waals surface area contributed by atoms with Gasteiger partial charge in [0, 0.05) is 30.9 Å². The van der Waals surface area contributed by atoms with Gasteiger partial charge >= 0.3 is 5.97 Å². The van der Waals surface area contributed by atoms with Crippen LogP contribution in [0.15, 0.2) is 41.2 Å². The molecule has 0 N–H and O–H groups in total. The van der Waals surface area contributed by atoms with Crippen molar-refractivity contribution in [3.05, 3.63) is 52.6 Å². The average Bonchev–Trinajstić information content (AvgIpc) is 3.10. The summed E-state index contributed by atoms with van der Waals surface area (Å²) < 4.78 is 26.0. The summed E-state index contributed by atoms with van der Waals surface area (Å²) in [6.07, 6.45) is 1.04. The van der Waals surface area contributed by atoms with E-state index in [1.54, 1.807) is 20.8 Å². The molecule has 2 aromatic carbocycles. The molecule has 1 aliphatic heterocycles. The minimum atomic E-state index is -0.712. The first-order valence-electron chi connectivity index (χ1n) is 12.7. The summed E-state index contributed by atoms with van der Waals surface area (Å²) in [4.78, 5) is 36.1. The molecule has 4 rings (SSSR count). The van der Waals surface area contributed by atoms with Gasteiger partial charge in [-0.1, -0.05) is 6.92 Å². The molecular weight excluding hydrogens is 475 g/mol. The molecule has 0 saturated carbocycles. The Morgan fingerprint density at radius 1 is 1.08 bits per heavy atom. The highest BCUT2D eigenvalue weighted by Gasteiger charge is 2.22. The maximum atomic E-state index is 14.1. The van der Waals surface area contributed by atoms with E-state index in [9.17, 15) is 14.0 Å². The molecule has 1 aromatic heterocycles. The highest BCUT2D eigenvalue weighted by molar-refractivity contribution is 5.84. The van der Waals surface area contributed by atoms with Crippen molar-refractivity contribution in [3.63, 3.8) is 0 Å². The quantitative estimate of drug-likeness (QED) is 0.463. The smallest absolute Gasteiger partial charge is 0.326 e. The van der Waals surface area contributed by atoms with Crippen molar-refractivity contribution in [2.75, 3.05) is 44.7 Å². The van der Waals surface area contributed by atoms with Crippen molar-refractivity contribution < 1.29 is 18.7 Å². The minimum Gasteiger partial charge on any atom is -0.494 e. The first kappa shape index (κ1) is 26.6. The highest BCUT2D eigenvalue weighted by Crippen LogP contribution is 2.27. The van der Waals surface area contributed by atoms with Crippen LogP contribution in [0.3, 0.4) is 0 Å². The molecule has 1 fully saturated rings. The van der Waals surface area contributed by atoms with Crippen molar-refractivity contribution in [2.45, 2.75) is 46.3 Å². The zero-order chi connectivity index (χ0) is 26.7. The molecule has 0 amide bonds. The molecule has 0 aliphatic carbocycles. The van der Waals surface area contributed by atoms with E-state index in [2.05, 4.69) is 16.7 Å². The van der Waals surface area contributed by atoms with Crippen LogP contribution in [0.1, 0.15) is 34.1 Å². The zero-order valence-electron chi connectivity index (χ0n) is 22.2. The number of hydrogen-bond donors (Lipinski definition) is 0. The molecule has 2 heterocycles. The molecule has 0 radical (unpaired) electrons. The maximum absolute atomic E-state index is 14.1. The van der Waals surface area contributed by atoms with Crippen molar-refractivity contribution in [1.82, 2.24) is 14.5 Å². The monoisotopic (exact) mass is 510 g/mol. The molecule has 0 spiro atoms. The molecular formula is C28H35FN4O4. The average molecular weight is 511 g/mol. The second-order valence-electron chi connectivity index (χ2n) is 10.2. The number of ether oxygens (including phenoxy) is 2. The number of carbonyl (C=O) groups is 1. The van der Waals surface area contributed by atoms with E-state index in [1.165, 1.54) is 29.9 Å². The van der Waals surface area contributed by atoms with E-state index in [0.717, 1.165) is 44.8 Å². The van der Waals surface area contributed by atoms with Crippen LogP contribution in [0.4, 0.5) is 10.1 Å². The molecule has 8 nitrogen and oxygen atoms in total. The van der Waals surface area contributed by atoms with Crippen LogP contribution >= 0.6 is 0 Å². The first-order chi connectivity index (χ1) is 17.6. The standard InChI is InChI=1S/C28H35FN4O4/c1-6-31-12-7-13-32(15-14-31)20-9-11-23-21(17-20)27(35)33(18-25(34)37-28(2,3)4)26(30-23)19-8-10-22(29)24(16-19)36-5/h8-11,16-17H,6-7,12-15,18H2,1-5H3. The Balaban J connectivity index is 1.82. The molecule has 198 valence electrons. The molecule has 0 unspecified atom stereocenters. The Bertz CT molecular complexity index is 1350. The van der Waals surface area contributed by atoms with E-state index in [4.69, 9.17) is 14.5 Å². The summed E-state index contributed by atoms with van der Waals surface area (Å²) in [5.41, 5.74) is 0.830. The first-order valence-corrected chi connectivity index (χ1v) is 12.7. The largest absolute Gasteiger partial charge is 0.494 e. The van der Waals surface area contributed by atoms with E-state index in [0.29, 0.717) is 16.5 Å². The number of methoxy groups -OCH3 is 1. The number of hydrogen-bond acceptors (Lipinski definition) is 7. The summed E-state index contributed by atoms with van der Waals surface area (Å²) in [6, 6.07) is 9.90. The van der Waals surface area contributed by atoms with Crippen molar-refractivity contribution in [1.29, 1.82) is 0 Å². The Hall–Kier alpha value is -3.46. The van der Waals surface area contributed by atoms with Crippen LogP contribution in [-0.4, -0.2) is 65.9 Å². The number of fused-ring (bicyclic) bond motifs is 1. The number of benzene rings is 2. The predicted octanol–water partition coefficient (Wildman–Crippen LogP) is 4.08. The number of aromatic nitrogens is 2. The molecule has 0 atom stereocenters. The van der Waals surface area contributed by atoms with Crippen LogP contribution < -0.4 is 15.2 Å². The van der Waals surface area contributed by atoms with Gasteiger partial charge in [0.05, 0.1) is 18.0 Å². The fourth-order valence-corrected chi connectivity index (χ4v) is 4.62. The summed E-state index contributed by atoms with van der Waals surface area (Å²) in [5.74, 6) is -0.831. The van der Waals surface area contributed by atoms with Crippen LogP contribution in [-0.2, 0) is 16.1 Å². The number of esters is 1. The Morgan fingerprint density at radius 3 is 2.57 bits per heavy atom. The van der Waals surface area contributed by atoms with Gasteiger partial charge in [0.25, 0.3) is 5.56 Å². The van der Waals surface area contributed by atoms with Crippen molar-refractivity contribution in [2.24, 2.45) is 0 Å². The molecule has 1 aliphatic rings. The molecule has 3 aromatic rings. The number of carbonyl (C=O) groups excluding carboxylic acids is 1. The van der Waals surface area contributed by atoms with Gasteiger partial charge in [0.2, 0.25) is 0 Å². The van der Waals surface area contributed by atoms with Gasteiger partial charge in [0.1, 0.15) is 18.0 Å². The third-order valence-electron chi connectivity index (χ3n) is 6.46. The number of rotatable bonds is 6. The van der Waals surface area contributed by atoms with Crippen molar-refractivity contribution >= 4 is 22.6 Å². The van der Waals surface area contributed by atoms with E-state index >= 15 is 0 Å². The number of halogens is 1. The second kappa shape index (κ2) is 10.9. The number of anilines is 1. The lowest BCUT2D eigenvalue weighted by Crippen LogP contribution is -2.32. The predicted molar refractivity (Wildman–Crippen MR) is 143 cm³/mol. The van der Waals surface area contributed by atoms with Gasteiger partial charge in [-0.15, -0.1) is 0 Å². The fourth-order valence-electron chi connectivity index (χ4n) is 4.62. The highest BCUT2D eigenvalue weighted by atomic mass is 19.1. The van der Waals surface area contributed by atoms with E-state index in [1.807, 2.05) is 18.2 Å². The molecule has 37 heavy (non-hydrogen) atoms. The summed E-state index contributed by atoms with van der Waals surface area (Å²) >= 11 is 0. The Morgan fingerprint density at radius 2 is 1.86 bits per heavy atom. The lowest BCUT2D eigenvalue weighted by Gasteiger charge is -2.24. The van der Waals surface area contributed by atoms with Crippen LogP contribution in [0.25, 0.3) is 22.3 Å². The van der Waals surface area contributed by atoms with E-state index < -0.39 is 17.4 Å². The van der Waals surface area contributed by atoms with E-state index in [-0.39, 0.29) is 23.7 Å². The van der Waals surface area contributed by atoms with Gasteiger partial charge in [-0.25, -0.2) is 9.37 Å². The third-order valence-corrected chi connectivity index (χ3v) is 6.46. The second-order valence-corrected chi connectivity index (χ2v) is 10.2. The Labute approximate surface area is 216 Å². The van der Waals surface area contributed by atoms with Gasteiger partial charge in [-0.3, -0.25) is 14.2 Å². The number of likely N-dealkylation sites (N-methyl/N-ethyl adjacent to an activating group) is 1. The molecule has 0 bridgehead atoms. The van der Waals surface area contributed by atoms with Gasteiger partial charge in [-0.2, -0.15) is 0 Å². The van der Waals surface area contributed by atoms with Gasteiger partial charge in [0.15, 0.2) is 11.6 Å². The topological polar surface area (TPSA) is 76.9 Å².